The van der Waals surface area contributed by atoms with Gasteiger partial charge in [-0.25, -0.2) is 9.78 Å². The summed E-state index contributed by atoms with van der Waals surface area (Å²) in [5, 5.41) is 13.0. The topological polar surface area (TPSA) is 68.0 Å². The van der Waals surface area contributed by atoms with Crippen molar-refractivity contribution in [1.82, 2.24) is 14.8 Å². The molecule has 0 spiro atoms. The minimum atomic E-state index is -0.928. The number of hydrogen-bond donors (Lipinski definition) is 1. The summed E-state index contributed by atoms with van der Waals surface area (Å²) < 4.78 is 1.72. The highest BCUT2D eigenvalue weighted by molar-refractivity contribution is 7.09. The number of carbonyl (C=O) groups is 1. The zero-order valence-electron chi connectivity index (χ0n) is 9.67. The summed E-state index contributed by atoms with van der Waals surface area (Å²) >= 11 is 1.62. The second-order valence-electron chi connectivity index (χ2n) is 3.78. The molecule has 0 aromatic carbocycles. The normalized spacial score (nSPS) is 10.7. The fourth-order valence-corrected chi connectivity index (χ4v) is 2.43. The van der Waals surface area contributed by atoms with E-state index in [0.717, 1.165) is 12.1 Å². The van der Waals surface area contributed by atoms with Crippen LogP contribution < -0.4 is 0 Å². The number of hydrogen-bond acceptors (Lipinski definition) is 4. The summed E-state index contributed by atoms with van der Waals surface area (Å²) in [5.74, 6) is -0.928. The van der Waals surface area contributed by atoms with Crippen LogP contribution in [0.2, 0.25) is 0 Å². The van der Waals surface area contributed by atoms with E-state index in [1.807, 2.05) is 12.4 Å². The Balaban J connectivity index is 2.10. The Bertz CT molecular complexity index is 545. The lowest BCUT2D eigenvalue weighted by Gasteiger charge is -2.03. The zero-order valence-corrected chi connectivity index (χ0v) is 10.5. The molecule has 0 bridgehead atoms. The van der Waals surface area contributed by atoms with Crippen LogP contribution in [0, 0.1) is 13.8 Å². The van der Waals surface area contributed by atoms with Crippen molar-refractivity contribution in [2.45, 2.75) is 26.8 Å². The van der Waals surface area contributed by atoms with Gasteiger partial charge in [-0.05, 0) is 13.8 Å². The Morgan fingerprint density at radius 2 is 2.29 bits per heavy atom. The molecule has 0 fully saturated rings. The van der Waals surface area contributed by atoms with Crippen molar-refractivity contribution < 1.29 is 9.90 Å². The SMILES string of the molecule is Cc1ncsc1CCn1ncc(C(=O)O)c1C. The fourth-order valence-electron chi connectivity index (χ4n) is 1.66. The van der Waals surface area contributed by atoms with E-state index in [0.29, 0.717) is 12.2 Å². The second-order valence-corrected chi connectivity index (χ2v) is 4.72. The molecule has 0 aliphatic rings. The molecule has 0 saturated heterocycles. The molecule has 5 nitrogen and oxygen atoms in total. The first-order valence-electron chi connectivity index (χ1n) is 5.24. The molecule has 1 N–H and O–H groups in total. The predicted molar refractivity (Wildman–Crippen MR) is 64.5 cm³/mol. The van der Waals surface area contributed by atoms with Crippen molar-refractivity contribution >= 4 is 17.3 Å². The Kier molecular flexibility index (Phi) is 3.23. The molecular formula is C11H13N3O2S. The standard InChI is InChI=1S/C11H13N3O2S/c1-7-10(17-6-12-7)3-4-14-8(2)9(5-13-14)11(15)16/h5-6H,3-4H2,1-2H3,(H,15,16). The summed E-state index contributed by atoms with van der Waals surface area (Å²) in [4.78, 5) is 16.3. The third kappa shape index (κ3) is 2.36. The monoisotopic (exact) mass is 251 g/mol. The number of aryl methyl sites for hydroxylation is 3. The van der Waals surface area contributed by atoms with Gasteiger partial charge in [0.05, 0.1) is 17.4 Å². The first-order chi connectivity index (χ1) is 8.09. The maximum atomic E-state index is 10.9. The molecule has 90 valence electrons. The van der Waals surface area contributed by atoms with Crippen molar-refractivity contribution in [3.8, 4) is 0 Å². The lowest BCUT2D eigenvalue weighted by atomic mass is 10.2. The van der Waals surface area contributed by atoms with Gasteiger partial charge in [0.2, 0.25) is 0 Å². The second kappa shape index (κ2) is 4.67. The number of nitrogens with zero attached hydrogens (tertiary/aromatic N) is 3. The van der Waals surface area contributed by atoms with E-state index in [1.54, 1.807) is 22.9 Å². The van der Waals surface area contributed by atoms with Gasteiger partial charge in [0, 0.05) is 23.5 Å². The van der Waals surface area contributed by atoms with E-state index < -0.39 is 5.97 Å². The number of aromatic carboxylic acids is 1. The van der Waals surface area contributed by atoms with E-state index in [2.05, 4.69) is 10.1 Å². The lowest BCUT2D eigenvalue weighted by molar-refractivity contribution is 0.0696. The minimum Gasteiger partial charge on any atom is -0.478 e. The molecule has 2 rings (SSSR count). The highest BCUT2D eigenvalue weighted by Gasteiger charge is 2.12. The van der Waals surface area contributed by atoms with Gasteiger partial charge in [-0.2, -0.15) is 5.10 Å². The largest absolute Gasteiger partial charge is 0.478 e. The van der Waals surface area contributed by atoms with Crippen LogP contribution in [0.5, 0.6) is 0 Å². The van der Waals surface area contributed by atoms with Crippen LogP contribution in [0.4, 0.5) is 0 Å². The van der Waals surface area contributed by atoms with Gasteiger partial charge in [-0.3, -0.25) is 4.68 Å². The van der Waals surface area contributed by atoms with Crippen molar-refractivity contribution in [2.24, 2.45) is 0 Å². The smallest absolute Gasteiger partial charge is 0.339 e. The molecule has 0 atom stereocenters. The van der Waals surface area contributed by atoms with Gasteiger partial charge in [0.25, 0.3) is 0 Å². The van der Waals surface area contributed by atoms with Gasteiger partial charge < -0.3 is 5.11 Å². The Hall–Kier alpha value is -1.69. The maximum absolute atomic E-state index is 10.9. The van der Waals surface area contributed by atoms with Crippen LogP contribution in [0.25, 0.3) is 0 Å². The van der Waals surface area contributed by atoms with E-state index in [1.165, 1.54) is 11.1 Å². The number of carboxylic acids is 1. The van der Waals surface area contributed by atoms with Crippen molar-refractivity contribution in [1.29, 1.82) is 0 Å². The van der Waals surface area contributed by atoms with Gasteiger partial charge in [0.15, 0.2) is 0 Å². The third-order valence-electron chi connectivity index (χ3n) is 2.73. The molecule has 0 radical (unpaired) electrons. The van der Waals surface area contributed by atoms with Crippen LogP contribution in [0.3, 0.4) is 0 Å². The highest BCUT2D eigenvalue weighted by Crippen LogP contribution is 2.14. The van der Waals surface area contributed by atoms with Crippen LogP contribution in [0.15, 0.2) is 11.7 Å². The summed E-state index contributed by atoms with van der Waals surface area (Å²) in [6.45, 7) is 4.43. The first kappa shape index (κ1) is 11.8. The Morgan fingerprint density at radius 3 is 2.82 bits per heavy atom. The van der Waals surface area contributed by atoms with E-state index in [-0.39, 0.29) is 5.56 Å². The van der Waals surface area contributed by atoms with Gasteiger partial charge in [-0.15, -0.1) is 11.3 Å². The van der Waals surface area contributed by atoms with Crippen molar-refractivity contribution in [2.75, 3.05) is 0 Å². The van der Waals surface area contributed by atoms with Crippen molar-refractivity contribution in [3.63, 3.8) is 0 Å². The number of aromatic nitrogens is 3. The molecule has 0 unspecified atom stereocenters. The Labute approximate surface area is 103 Å². The summed E-state index contributed by atoms with van der Waals surface area (Å²) in [5.41, 5.74) is 3.83. The molecular weight excluding hydrogens is 238 g/mol. The predicted octanol–water partition coefficient (Wildman–Crippen LogP) is 1.90. The van der Waals surface area contributed by atoms with Crippen LogP contribution in [0.1, 0.15) is 26.6 Å². The summed E-state index contributed by atoms with van der Waals surface area (Å²) in [6, 6.07) is 0. The molecule has 0 amide bonds. The average Bonchev–Trinajstić information content (AvgIpc) is 2.82. The number of thiazole rings is 1. The molecule has 0 aliphatic carbocycles. The van der Waals surface area contributed by atoms with Crippen LogP contribution in [-0.4, -0.2) is 25.8 Å². The average molecular weight is 251 g/mol. The quantitative estimate of drug-likeness (QED) is 0.901. The van der Waals surface area contributed by atoms with Crippen LogP contribution in [-0.2, 0) is 13.0 Å². The molecule has 2 aromatic heterocycles. The number of carboxylic acid groups (broad SMARTS) is 1. The van der Waals surface area contributed by atoms with Gasteiger partial charge in [0.1, 0.15) is 5.56 Å². The molecule has 2 aromatic rings. The molecule has 17 heavy (non-hydrogen) atoms. The molecule has 6 heteroatoms. The lowest BCUT2D eigenvalue weighted by Crippen LogP contribution is -2.06. The summed E-state index contributed by atoms with van der Waals surface area (Å²) in [6.07, 6.45) is 2.23. The molecule has 2 heterocycles. The maximum Gasteiger partial charge on any atom is 0.339 e. The zero-order chi connectivity index (χ0) is 12.4. The summed E-state index contributed by atoms with van der Waals surface area (Å²) in [7, 11) is 0. The Morgan fingerprint density at radius 1 is 1.53 bits per heavy atom. The highest BCUT2D eigenvalue weighted by atomic mass is 32.1. The van der Waals surface area contributed by atoms with Gasteiger partial charge >= 0.3 is 5.97 Å². The van der Waals surface area contributed by atoms with E-state index in [4.69, 9.17) is 5.11 Å². The third-order valence-corrected chi connectivity index (χ3v) is 3.72. The molecule has 0 aliphatic heterocycles. The van der Waals surface area contributed by atoms with E-state index >= 15 is 0 Å². The molecule has 0 saturated carbocycles. The minimum absolute atomic E-state index is 0.269. The number of rotatable bonds is 4. The van der Waals surface area contributed by atoms with Crippen molar-refractivity contribution in [3.05, 3.63) is 33.5 Å². The van der Waals surface area contributed by atoms with Crippen LogP contribution >= 0.6 is 11.3 Å². The van der Waals surface area contributed by atoms with E-state index in [9.17, 15) is 4.79 Å². The van der Waals surface area contributed by atoms with Gasteiger partial charge in [-0.1, -0.05) is 0 Å². The first-order valence-corrected chi connectivity index (χ1v) is 6.12. The fraction of sp³-hybridized carbons (Fsp3) is 0.364.